The van der Waals surface area contributed by atoms with Gasteiger partial charge in [-0.2, -0.15) is 4.98 Å². The number of hydrogen-bond acceptors (Lipinski definition) is 8. The van der Waals surface area contributed by atoms with Gasteiger partial charge >= 0.3 is 0 Å². The molecule has 1 aromatic heterocycles. The summed E-state index contributed by atoms with van der Waals surface area (Å²) in [6.45, 7) is -0.520. The van der Waals surface area contributed by atoms with Crippen LogP contribution >= 0.6 is 0 Å². The molecule has 1 heterocycles. The molecule has 0 aliphatic heterocycles. The topological polar surface area (TPSA) is 124 Å². The number of nitrogens with zero attached hydrogens (tertiary/aromatic N) is 3. The van der Waals surface area contributed by atoms with Crippen LogP contribution in [0.3, 0.4) is 0 Å². The number of rotatable bonds is 9. The molecule has 1 N–H and O–H groups in total. The second-order valence-electron chi connectivity index (χ2n) is 6.46. The highest BCUT2D eigenvalue weighted by atomic mass is 32.2. The van der Waals surface area contributed by atoms with Gasteiger partial charge in [-0.25, -0.2) is 8.42 Å². The SMILES string of the molecule is COc1ccc(OC)c(N(CC(=O)NCc2nc(-c3ccccc3)no2)S(C)(=O)=O)c1. The van der Waals surface area contributed by atoms with E-state index in [-0.39, 0.29) is 23.9 Å². The lowest BCUT2D eigenvalue weighted by atomic mass is 10.2. The number of aromatic nitrogens is 2. The number of benzene rings is 2. The van der Waals surface area contributed by atoms with Crippen molar-refractivity contribution in [2.24, 2.45) is 0 Å². The number of carbonyl (C=O) groups excluding carboxylic acids is 1. The summed E-state index contributed by atoms with van der Waals surface area (Å²) in [5.41, 5.74) is 0.959. The van der Waals surface area contributed by atoms with E-state index in [0.717, 1.165) is 16.1 Å². The van der Waals surface area contributed by atoms with Gasteiger partial charge in [-0.1, -0.05) is 35.5 Å². The lowest BCUT2D eigenvalue weighted by Crippen LogP contribution is -2.40. The first-order chi connectivity index (χ1) is 14.8. The highest BCUT2D eigenvalue weighted by molar-refractivity contribution is 7.92. The van der Waals surface area contributed by atoms with Crippen LogP contribution in [0.15, 0.2) is 53.1 Å². The van der Waals surface area contributed by atoms with Crippen molar-refractivity contribution in [3.05, 3.63) is 54.4 Å². The third-order valence-corrected chi connectivity index (χ3v) is 5.41. The van der Waals surface area contributed by atoms with Crippen LogP contribution in [0.25, 0.3) is 11.4 Å². The van der Waals surface area contributed by atoms with Crippen LogP contribution in [0.5, 0.6) is 11.5 Å². The minimum atomic E-state index is -3.80. The van der Waals surface area contributed by atoms with Crippen molar-refractivity contribution in [1.82, 2.24) is 15.5 Å². The van der Waals surface area contributed by atoms with Gasteiger partial charge in [0.15, 0.2) is 0 Å². The van der Waals surface area contributed by atoms with E-state index in [2.05, 4.69) is 15.5 Å². The van der Waals surface area contributed by atoms with Crippen LogP contribution in [0.4, 0.5) is 5.69 Å². The molecule has 0 fully saturated rings. The number of ether oxygens (including phenoxy) is 2. The Morgan fingerprint density at radius 2 is 1.87 bits per heavy atom. The molecule has 3 aromatic rings. The largest absolute Gasteiger partial charge is 0.497 e. The molecule has 0 bridgehead atoms. The van der Waals surface area contributed by atoms with Crippen molar-refractivity contribution in [1.29, 1.82) is 0 Å². The fraction of sp³-hybridized carbons (Fsp3) is 0.250. The summed E-state index contributed by atoms with van der Waals surface area (Å²) in [4.78, 5) is 16.7. The fourth-order valence-corrected chi connectivity index (χ4v) is 3.62. The van der Waals surface area contributed by atoms with Crippen LogP contribution in [-0.4, -0.2) is 51.5 Å². The standard InChI is InChI=1S/C20H22N4O6S/c1-28-15-9-10-17(29-2)16(11-15)24(31(3,26)27)13-18(25)21-12-19-22-20(23-30-19)14-7-5-4-6-8-14/h4-11H,12-13H2,1-3H3,(H,21,25). The summed E-state index contributed by atoms with van der Waals surface area (Å²) in [7, 11) is -0.936. The molecule has 10 nitrogen and oxygen atoms in total. The molecule has 0 radical (unpaired) electrons. The van der Waals surface area contributed by atoms with Crippen LogP contribution in [0, 0.1) is 0 Å². The van der Waals surface area contributed by atoms with Crippen LogP contribution in [-0.2, 0) is 21.4 Å². The minimum absolute atomic E-state index is 0.0501. The normalized spacial score (nSPS) is 11.1. The monoisotopic (exact) mass is 446 g/mol. The third kappa shape index (κ3) is 5.51. The predicted octanol–water partition coefficient (Wildman–Crippen LogP) is 1.84. The Bertz CT molecular complexity index is 1150. The fourth-order valence-electron chi connectivity index (χ4n) is 2.76. The zero-order chi connectivity index (χ0) is 22.4. The summed E-state index contributed by atoms with van der Waals surface area (Å²) in [6.07, 6.45) is 1.00. The quantitative estimate of drug-likeness (QED) is 0.528. The predicted molar refractivity (Wildman–Crippen MR) is 113 cm³/mol. The van der Waals surface area contributed by atoms with Gasteiger partial charge in [0, 0.05) is 11.6 Å². The van der Waals surface area contributed by atoms with Gasteiger partial charge in [-0.3, -0.25) is 9.10 Å². The summed E-state index contributed by atoms with van der Waals surface area (Å²) in [5.74, 6) is 0.725. The van der Waals surface area contributed by atoms with Crippen LogP contribution in [0.1, 0.15) is 5.89 Å². The van der Waals surface area contributed by atoms with Crippen molar-refractivity contribution in [2.75, 3.05) is 31.3 Å². The molecule has 3 rings (SSSR count). The van der Waals surface area contributed by atoms with E-state index in [0.29, 0.717) is 11.6 Å². The highest BCUT2D eigenvalue weighted by Gasteiger charge is 2.25. The van der Waals surface area contributed by atoms with Crippen LogP contribution < -0.4 is 19.1 Å². The minimum Gasteiger partial charge on any atom is -0.497 e. The van der Waals surface area contributed by atoms with E-state index >= 15 is 0 Å². The van der Waals surface area contributed by atoms with Gasteiger partial charge in [-0.15, -0.1) is 0 Å². The molecule has 0 atom stereocenters. The number of carbonyl (C=O) groups is 1. The van der Waals surface area contributed by atoms with Gasteiger partial charge in [-0.05, 0) is 12.1 Å². The number of methoxy groups -OCH3 is 2. The van der Waals surface area contributed by atoms with E-state index in [1.165, 1.54) is 20.3 Å². The average molecular weight is 446 g/mol. The molecule has 0 aliphatic rings. The van der Waals surface area contributed by atoms with E-state index in [9.17, 15) is 13.2 Å². The summed E-state index contributed by atoms with van der Waals surface area (Å²) >= 11 is 0. The molecule has 0 spiro atoms. The van der Waals surface area contributed by atoms with Crippen molar-refractivity contribution in [3.63, 3.8) is 0 Å². The van der Waals surface area contributed by atoms with Gasteiger partial charge in [0.05, 0.1) is 32.7 Å². The smallest absolute Gasteiger partial charge is 0.246 e. The lowest BCUT2D eigenvalue weighted by molar-refractivity contribution is -0.119. The van der Waals surface area contributed by atoms with E-state index in [1.807, 2.05) is 30.3 Å². The Morgan fingerprint density at radius 3 is 2.52 bits per heavy atom. The van der Waals surface area contributed by atoms with Crippen molar-refractivity contribution in [3.8, 4) is 22.9 Å². The zero-order valence-corrected chi connectivity index (χ0v) is 18.0. The van der Waals surface area contributed by atoms with E-state index in [4.69, 9.17) is 14.0 Å². The number of sulfonamides is 1. The molecule has 11 heteroatoms. The Hall–Kier alpha value is -3.60. The van der Waals surface area contributed by atoms with Gasteiger partial charge in [0.25, 0.3) is 0 Å². The molecule has 1 amide bonds. The Balaban J connectivity index is 1.72. The molecule has 0 unspecified atom stereocenters. The Labute approximate surface area is 179 Å². The molecular formula is C20H22N4O6S. The molecule has 31 heavy (non-hydrogen) atoms. The van der Waals surface area contributed by atoms with Gasteiger partial charge in [0.1, 0.15) is 18.0 Å². The molecular weight excluding hydrogens is 424 g/mol. The number of anilines is 1. The maximum atomic E-state index is 12.5. The summed E-state index contributed by atoms with van der Waals surface area (Å²) in [5, 5.41) is 6.47. The molecule has 0 aliphatic carbocycles. The van der Waals surface area contributed by atoms with Crippen LogP contribution in [0.2, 0.25) is 0 Å². The van der Waals surface area contributed by atoms with Gasteiger partial charge < -0.3 is 19.3 Å². The molecule has 2 aromatic carbocycles. The molecule has 0 saturated carbocycles. The maximum absolute atomic E-state index is 12.5. The number of amides is 1. The zero-order valence-electron chi connectivity index (χ0n) is 17.2. The highest BCUT2D eigenvalue weighted by Crippen LogP contribution is 2.33. The van der Waals surface area contributed by atoms with Crippen molar-refractivity contribution in [2.45, 2.75) is 6.54 Å². The molecule has 0 saturated heterocycles. The number of nitrogens with one attached hydrogen (secondary N) is 1. The Morgan fingerprint density at radius 1 is 1.13 bits per heavy atom. The first kappa shape index (κ1) is 22.1. The van der Waals surface area contributed by atoms with E-state index < -0.39 is 22.5 Å². The van der Waals surface area contributed by atoms with Gasteiger partial charge in [0.2, 0.25) is 27.6 Å². The maximum Gasteiger partial charge on any atom is 0.246 e. The average Bonchev–Trinajstić information content (AvgIpc) is 3.24. The lowest BCUT2D eigenvalue weighted by Gasteiger charge is -2.24. The van der Waals surface area contributed by atoms with Crippen molar-refractivity contribution < 1.29 is 27.2 Å². The summed E-state index contributed by atoms with van der Waals surface area (Å²) in [6, 6.07) is 13.9. The first-order valence-corrected chi connectivity index (χ1v) is 11.0. The van der Waals surface area contributed by atoms with E-state index in [1.54, 1.807) is 12.1 Å². The second-order valence-corrected chi connectivity index (χ2v) is 8.37. The van der Waals surface area contributed by atoms with Crippen molar-refractivity contribution >= 4 is 21.6 Å². The second kappa shape index (κ2) is 9.47. The first-order valence-electron chi connectivity index (χ1n) is 9.16. The Kier molecular flexibility index (Phi) is 6.75. The molecule has 164 valence electrons. The summed E-state index contributed by atoms with van der Waals surface area (Å²) < 4.78 is 41.3. The number of hydrogen-bond donors (Lipinski definition) is 1. The third-order valence-electron chi connectivity index (χ3n) is 4.28.